The molecule has 0 bridgehead atoms. The average Bonchev–Trinajstić information content (AvgIpc) is 2.28. The molecular formula is C12H20N2OS2. The van der Waals surface area contributed by atoms with E-state index in [1.165, 1.54) is 0 Å². The van der Waals surface area contributed by atoms with Crippen molar-refractivity contribution in [1.82, 2.24) is 9.13 Å². The smallest absolute Gasteiger partial charge is 0.255 e. The Balaban J connectivity index is 3.13. The third-order valence-electron chi connectivity index (χ3n) is 2.73. The molecular weight excluding hydrogens is 252 g/mol. The van der Waals surface area contributed by atoms with Crippen LogP contribution in [0.4, 0.5) is 0 Å². The highest BCUT2D eigenvalue weighted by molar-refractivity contribution is 7.80. The van der Waals surface area contributed by atoms with E-state index in [0.717, 1.165) is 32.2 Å². The first-order valence-corrected chi connectivity index (χ1v) is 7.01. The molecule has 0 radical (unpaired) electrons. The van der Waals surface area contributed by atoms with E-state index in [1.54, 1.807) is 10.6 Å². The molecule has 0 aliphatic carbocycles. The summed E-state index contributed by atoms with van der Waals surface area (Å²) in [7, 11) is 0. The lowest BCUT2D eigenvalue weighted by molar-refractivity contribution is 0.506. The van der Waals surface area contributed by atoms with Crippen LogP contribution in [0.25, 0.3) is 0 Å². The van der Waals surface area contributed by atoms with Crippen molar-refractivity contribution in [3.8, 4) is 0 Å². The van der Waals surface area contributed by atoms with Crippen molar-refractivity contribution in [2.75, 3.05) is 0 Å². The number of unbranched alkanes of at least 4 members (excludes halogenated alkanes) is 2. The maximum absolute atomic E-state index is 11.8. The minimum atomic E-state index is -0.0406. The Morgan fingerprint density at radius 3 is 2.24 bits per heavy atom. The van der Waals surface area contributed by atoms with Crippen molar-refractivity contribution in [2.24, 2.45) is 0 Å². The Hall–Kier alpha value is -0.550. The zero-order valence-electron chi connectivity index (χ0n) is 10.5. The van der Waals surface area contributed by atoms with Crippen LogP contribution in [0.1, 0.15) is 39.5 Å². The highest BCUT2D eigenvalue weighted by Gasteiger charge is 2.05. The minimum absolute atomic E-state index is 0.0406. The maximum atomic E-state index is 11.8. The van der Waals surface area contributed by atoms with Gasteiger partial charge in [-0.3, -0.25) is 9.36 Å². The second-order valence-corrected chi connectivity index (χ2v) is 4.96. The fraction of sp³-hybridized carbons (Fsp3) is 0.667. The summed E-state index contributed by atoms with van der Waals surface area (Å²) in [5.74, 6) is 0. The summed E-state index contributed by atoms with van der Waals surface area (Å²) < 4.78 is 4.22. The molecule has 0 aliphatic rings. The molecule has 3 nitrogen and oxygen atoms in total. The van der Waals surface area contributed by atoms with Gasteiger partial charge in [0.25, 0.3) is 5.56 Å². The number of nitrogens with zero attached hydrogens (tertiary/aromatic N) is 2. The summed E-state index contributed by atoms with van der Waals surface area (Å²) >= 11 is 9.70. The lowest BCUT2D eigenvalue weighted by Crippen LogP contribution is -2.25. The summed E-state index contributed by atoms with van der Waals surface area (Å²) in [4.78, 5) is 11.8. The molecule has 1 rings (SSSR count). The number of hydrogen-bond donors (Lipinski definition) is 1. The molecule has 0 fully saturated rings. The molecule has 0 saturated carbocycles. The van der Waals surface area contributed by atoms with Crippen LogP contribution in [0.15, 0.2) is 15.9 Å². The van der Waals surface area contributed by atoms with Crippen LogP contribution >= 0.6 is 24.8 Å². The van der Waals surface area contributed by atoms with Crippen molar-refractivity contribution in [3.05, 3.63) is 21.2 Å². The summed E-state index contributed by atoms with van der Waals surface area (Å²) in [6.45, 7) is 5.77. The van der Waals surface area contributed by atoms with Crippen LogP contribution in [0, 0.1) is 4.77 Å². The summed E-state index contributed by atoms with van der Waals surface area (Å²) in [6.07, 6.45) is 4.18. The SMILES string of the molecule is CCCCn1c(S)cc(=O)n(CCCC)c1=S. The Labute approximate surface area is 113 Å². The van der Waals surface area contributed by atoms with E-state index in [9.17, 15) is 4.79 Å². The van der Waals surface area contributed by atoms with E-state index >= 15 is 0 Å². The van der Waals surface area contributed by atoms with Crippen molar-refractivity contribution in [1.29, 1.82) is 0 Å². The Kier molecular flexibility index (Phi) is 5.98. The van der Waals surface area contributed by atoms with Gasteiger partial charge in [0, 0.05) is 19.2 Å². The third-order valence-corrected chi connectivity index (χ3v) is 3.54. The lowest BCUT2D eigenvalue weighted by Gasteiger charge is -2.14. The van der Waals surface area contributed by atoms with Gasteiger partial charge in [0.05, 0.1) is 5.03 Å². The molecule has 0 N–H and O–H groups in total. The normalized spacial score (nSPS) is 10.8. The number of rotatable bonds is 6. The zero-order chi connectivity index (χ0) is 12.8. The molecule has 0 amide bonds. The molecule has 0 atom stereocenters. The van der Waals surface area contributed by atoms with Gasteiger partial charge < -0.3 is 4.57 Å². The number of aromatic nitrogens is 2. The van der Waals surface area contributed by atoms with E-state index in [4.69, 9.17) is 12.2 Å². The Morgan fingerprint density at radius 1 is 1.18 bits per heavy atom. The number of thiol groups is 1. The van der Waals surface area contributed by atoms with Gasteiger partial charge in [-0.1, -0.05) is 26.7 Å². The van der Waals surface area contributed by atoms with Gasteiger partial charge in [-0.2, -0.15) is 0 Å². The van der Waals surface area contributed by atoms with Crippen molar-refractivity contribution in [2.45, 2.75) is 57.6 Å². The van der Waals surface area contributed by atoms with Gasteiger partial charge in [0.1, 0.15) is 0 Å². The van der Waals surface area contributed by atoms with Crippen molar-refractivity contribution < 1.29 is 0 Å². The van der Waals surface area contributed by atoms with Crippen LogP contribution in [-0.4, -0.2) is 9.13 Å². The highest BCUT2D eigenvalue weighted by Crippen LogP contribution is 2.07. The second-order valence-electron chi connectivity index (χ2n) is 4.13. The van der Waals surface area contributed by atoms with Crippen LogP contribution in [0.5, 0.6) is 0 Å². The summed E-state index contributed by atoms with van der Waals surface area (Å²) in [6, 6.07) is 1.56. The van der Waals surface area contributed by atoms with Gasteiger partial charge in [-0.05, 0) is 25.1 Å². The van der Waals surface area contributed by atoms with Crippen LogP contribution in [0.3, 0.4) is 0 Å². The molecule has 96 valence electrons. The molecule has 1 aromatic rings. The largest absolute Gasteiger partial charge is 0.313 e. The van der Waals surface area contributed by atoms with Crippen LogP contribution in [0.2, 0.25) is 0 Å². The predicted molar refractivity (Wildman–Crippen MR) is 76.6 cm³/mol. The molecule has 0 aliphatic heterocycles. The molecule has 0 saturated heterocycles. The van der Waals surface area contributed by atoms with Gasteiger partial charge in [-0.15, -0.1) is 12.6 Å². The molecule has 1 heterocycles. The molecule has 5 heteroatoms. The van der Waals surface area contributed by atoms with E-state index in [2.05, 4.69) is 26.5 Å². The fourth-order valence-corrected chi connectivity index (χ4v) is 2.40. The zero-order valence-corrected chi connectivity index (χ0v) is 12.2. The Bertz CT molecular complexity index is 476. The molecule has 0 spiro atoms. The van der Waals surface area contributed by atoms with E-state index in [1.807, 2.05) is 4.57 Å². The first-order valence-electron chi connectivity index (χ1n) is 6.15. The molecule has 0 unspecified atom stereocenters. The standard InChI is InChI=1S/C12H20N2OS2/c1-3-5-7-13-10(15)9-11(16)14(12(13)17)8-6-4-2/h9,16H,3-8H2,1-2H3. The van der Waals surface area contributed by atoms with Gasteiger partial charge in [-0.25, -0.2) is 0 Å². The molecule has 1 aromatic heterocycles. The van der Waals surface area contributed by atoms with Crippen LogP contribution in [-0.2, 0) is 13.1 Å². The fourth-order valence-electron chi connectivity index (χ4n) is 1.65. The monoisotopic (exact) mass is 272 g/mol. The van der Waals surface area contributed by atoms with E-state index in [-0.39, 0.29) is 5.56 Å². The van der Waals surface area contributed by atoms with Crippen molar-refractivity contribution >= 4 is 24.8 Å². The number of hydrogen-bond acceptors (Lipinski definition) is 3. The maximum Gasteiger partial charge on any atom is 0.255 e. The molecule has 17 heavy (non-hydrogen) atoms. The second kappa shape index (κ2) is 7.01. The predicted octanol–water partition coefficient (Wildman–Crippen LogP) is 3.27. The average molecular weight is 272 g/mol. The quantitative estimate of drug-likeness (QED) is 0.489. The Morgan fingerprint density at radius 2 is 1.71 bits per heavy atom. The van der Waals surface area contributed by atoms with Gasteiger partial charge in [0.2, 0.25) is 0 Å². The van der Waals surface area contributed by atoms with E-state index in [0.29, 0.717) is 16.3 Å². The first kappa shape index (κ1) is 14.5. The summed E-state index contributed by atoms with van der Waals surface area (Å²) in [5, 5.41) is 0.668. The third kappa shape index (κ3) is 3.71. The highest BCUT2D eigenvalue weighted by atomic mass is 32.1. The first-order chi connectivity index (χ1) is 8.11. The van der Waals surface area contributed by atoms with Gasteiger partial charge in [0.15, 0.2) is 4.77 Å². The topological polar surface area (TPSA) is 26.9 Å². The molecule has 0 aromatic carbocycles. The van der Waals surface area contributed by atoms with E-state index < -0.39 is 0 Å². The van der Waals surface area contributed by atoms with Crippen molar-refractivity contribution in [3.63, 3.8) is 0 Å². The summed E-state index contributed by atoms with van der Waals surface area (Å²) in [5.41, 5.74) is -0.0406. The minimum Gasteiger partial charge on any atom is -0.313 e. The van der Waals surface area contributed by atoms with Gasteiger partial charge >= 0.3 is 0 Å². The lowest BCUT2D eigenvalue weighted by atomic mass is 10.3. The van der Waals surface area contributed by atoms with Crippen LogP contribution < -0.4 is 5.56 Å².